The van der Waals surface area contributed by atoms with E-state index < -0.39 is 6.10 Å². The summed E-state index contributed by atoms with van der Waals surface area (Å²) in [5, 5.41) is 0. The van der Waals surface area contributed by atoms with Crippen LogP contribution in [0.4, 0.5) is 0 Å². The predicted molar refractivity (Wildman–Crippen MR) is 316 cm³/mol. The second kappa shape index (κ2) is 60.6. The van der Waals surface area contributed by atoms with Crippen LogP contribution < -0.4 is 0 Å². The van der Waals surface area contributed by atoms with Crippen LogP contribution in [0.1, 0.15) is 278 Å². The third-order valence-corrected chi connectivity index (χ3v) is 12.8. The first kappa shape index (κ1) is 69.1. The van der Waals surface area contributed by atoms with Gasteiger partial charge >= 0.3 is 17.9 Å². The van der Waals surface area contributed by atoms with Crippen LogP contribution in [0.25, 0.3) is 0 Å². The van der Waals surface area contributed by atoms with Gasteiger partial charge in [0.15, 0.2) is 6.10 Å². The van der Waals surface area contributed by atoms with Crippen molar-refractivity contribution in [2.75, 3.05) is 13.2 Å². The first-order chi connectivity index (χ1) is 36.0. The average molecular weight is 1010 g/mol. The summed E-state index contributed by atoms with van der Waals surface area (Å²) in [5.41, 5.74) is 0. The monoisotopic (exact) mass is 1010 g/mol. The normalized spacial score (nSPS) is 12.9. The number of unbranched alkanes of at least 4 members (excludes halogenated alkanes) is 25. The van der Waals surface area contributed by atoms with Crippen LogP contribution in [0, 0.1) is 0 Å². The van der Waals surface area contributed by atoms with E-state index in [2.05, 4.69) is 130 Å². The minimum atomic E-state index is -0.798. The SMILES string of the molecule is CC/C=C\C/C=C\C/C=C\C/C=C\C/C=C\C/C=C\C/C=C\C/C=C\CCCCC(=O)OCC(COC(=O)CCCCCCCCCCCCC)OC(=O)CCCCCCCCC/C=C\CCCCCCCC. The maximum atomic E-state index is 12.9. The van der Waals surface area contributed by atoms with E-state index in [1.807, 2.05) is 0 Å². The van der Waals surface area contributed by atoms with E-state index in [9.17, 15) is 14.4 Å². The highest BCUT2D eigenvalue weighted by Gasteiger charge is 2.19. The standard InChI is InChI=1S/C67H112O6/c1-4-7-10-13-16-19-22-24-26-28-29-30-31-32-33-34-35-36-37-39-40-42-45-48-51-54-57-60-66(69)72-63-64(62-71-65(68)59-56-53-50-47-44-21-18-15-12-9-6-3)73-67(70)61-58-55-52-49-46-43-41-38-27-25-23-20-17-14-11-8-5-2/h7,10,16,19,24-27,29-30,32-33,35-36,39-40,45,48,64H,4-6,8-9,11-15,17-18,20-23,28,31,34,37-38,41-44,46-47,49-63H2,1-3H3/b10-7-,19-16-,26-24-,27-25-,30-29-,33-32-,36-35-,40-39-,48-45-. The van der Waals surface area contributed by atoms with E-state index in [0.29, 0.717) is 19.3 Å². The summed E-state index contributed by atoms with van der Waals surface area (Å²) >= 11 is 0. The van der Waals surface area contributed by atoms with Crippen molar-refractivity contribution in [1.82, 2.24) is 0 Å². The summed E-state index contributed by atoms with van der Waals surface area (Å²) < 4.78 is 16.8. The van der Waals surface area contributed by atoms with Gasteiger partial charge in [0.05, 0.1) is 0 Å². The van der Waals surface area contributed by atoms with Crippen LogP contribution in [0.5, 0.6) is 0 Å². The average Bonchev–Trinajstić information content (AvgIpc) is 3.39. The zero-order valence-corrected chi connectivity index (χ0v) is 47.6. The van der Waals surface area contributed by atoms with Crippen molar-refractivity contribution in [3.8, 4) is 0 Å². The van der Waals surface area contributed by atoms with Crippen molar-refractivity contribution < 1.29 is 28.6 Å². The second-order valence-corrected chi connectivity index (χ2v) is 19.9. The highest BCUT2D eigenvalue weighted by molar-refractivity contribution is 5.71. The number of ether oxygens (including phenoxy) is 3. The van der Waals surface area contributed by atoms with Gasteiger partial charge in [0.2, 0.25) is 0 Å². The molecule has 0 aliphatic rings. The molecule has 0 aromatic carbocycles. The van der Waals surface area contributed by atoms with Gasteiger partial charge in [-0.05, 0) is 109 Å². The molecule has 73 heavy (non-hydrogen) atoms. The lowest BCUT2D eigenvalue weighted by atomic mass is 10.1. The van der Waals surface area contributed by atoms with Crippen molar-refractivity contribution >= 4 is 17.9 Å². The van der Waals surface area contributed by atoms with Crippen molar-refractivity contribution in [2.45, 2.75) is 284 Å². The zero-order chi connectivity index (χ0) is 52.9. The van der Waals surface area contributed by atoms with Gasteiger partial charge in [-0.15, -0.1) is 0 Å². The second-order valence-electron chi connectivity index (χ2n) is 19.9. The first-order valence-electron chi connectivity index (χ1n) is 30.4. The number of carbonyl (C=O) groups is 3. The third-order valence-electron chi connectivity index (χ3n) is 12.8. The Balaban J connectivity index is 4.40. The molecule has 0 amide bonds. The van der Waals surface area contributed by atoms with E-state index in [4.69, 9.17) is 14.2 Å². The van der Waals surface area contributed by atoms with Gasteiger partial charge in [-0.25, -0.2) is 0 Å². The molecule has 0 heterocycles. The fraction of sp³-hybridized carbons (Fsp3) is 0.687. The molecule has 0 saturated carbocycles. The Morgan fingerprint density at radius 1 is 0.288 bits per heavy atom. The molecule has 0 fully saturated rings. The van der Waals surface area contributed by atoms with Gasteiger partial charge in [-0.2, -0.15) is 0 Å². The van der Waals surface area contributed by atoms with Gasteiger partial charge in [-0.3, -0.25) is 14.4 Å². The van der Waals surface area contributed by atoms with E-state index in [1.54, 1.807) is 0 Å². The minimum Gasteiger partial charge on any atom is -0.462 e. The van der Waals surface area contributed by atoms with E-state index in [1.165, 1.54) is 128 Å². The molecule has 0 N–H and O–H groups in total. The van der Waals surface area contributed by atoms with Crippen molar-refractivity contribution in [2.24, 2.45) is 0 Å². The van der Waals surface area contributed by atoms with Crippen LogP contribution in [0.15, 0.2) is 109 Å². The fourth-order valence-electron chi connectivity index (χ4n) is 8.22. The highest BCUT2D eigenvalue weighted by atomic mass is 16.6. The molecule has 416 valence electrons. The van der Waals surface area contributed by atoms with Crippen molar-refractivity contribution in [1.29, 1.82) is 0 Å². The van der Waals surface area contributed by atoms with E-state index in [0.717, 1.165) is 109 Å². The highest BCUT2D eigenvalue weighted by Crippen LogP contribution is 2.15. The topological polar surface area (TPSA) is 78.9 Å². The Morgan fingerprint density at radius 3 is 0.877 bits per heavy atom. The molecule has 0 spiro atoms. The number of allylic oxidation sites excluding steroid dienone is 18. The molecule has 0 bridgehead atoms. The molecule has 0 rings (SSSR count). The molecular formula is C67H112O6. The zero-order valence-electron chi connectivity index (χ0n) is 47.6. The Morgan fingerprint density at radius 2 is 0.534 bits per heavy atom. The summed E-state index contributed by atoms with van der Waals surface area (Å²) in [7, 11) is 0. The number of hydrogen-bond acceptors (Lipinski definition) is 6. The maximum Gasteiger partial charge on any atom is 0.306 e. The lowest BCUT2D eigenvalue weighted by molar-refractivity contribution is -0.167. The van der Waals surface area contributed by atoms with Crippen LogP contribution in [-0.4, -0.2) is 37.2 Å². The molecule has 0 aliphatic heterocycles. The molecule has 6 nitrogen and oxygen atoms in total. The van der Waals surface area contributed by atoms with E-state index in [-0.39, 0.29) is 31.1 Å². The lowest BCUT2D eigenvalue weighted by Crippen LogP contribution is -2.30. The minimum absolute atomic E-state index is 0.0925. The third kappa shape index (κ3) is 58.8. The molecule has 0 radical (unpaired) electrons. The number of esters is 3. The predicted octanol–water partition coefficient (Wildman–Crippen LogP) is 20.7. The van der Waals surface area contributed by atoms with Crippen molar-refractivity contribution in [3.63, 3.8) is 0 Å². The molecule has 0 aliphatic carbocycles. The first-order valence-corrected chi connectivity index (χ1v) is 30.4. The Kier molecular flexibility index (Phi) is 57.4. The Hall–Kier alpha value is -3.93. The summed E-state index contributed by atoms with van der Waals surface area (Å²) in [6, 6.07) is 0. The van der Waals surface area contributed by atoms with Crippen molar-refractivity contribution in [3.05, 3.63) is 109 Å². The molecule has 1 unspecified atom stereocenters. The van der Waals surface area contributed by atoms with Crippen LogP contribution >= 0.6 is 0 Å². The van der Waals surface area contributed by atoms with Gasteiger partial charge in [0.1, 0.15) is 13.2 Å². The van der Waals surface area contributed by atoms with Gasteiger partial charge < -0.3 is 14.2 Å². The largest absolute Gasteiger partial charge is 0.462 e. The quantitative estimate of drug-likeness (QED) is 0.0261. The summed E-state index contributed by atoms with van der Waals surface area (Å²) in [6.45, 7) is 6.48. The summed E-state index contributed by atoms with van der Waals surface area (Å²) in [4.78, 5) is 38.2. The molecule has 6 heteroatoms. The summed E-state index contributed by atoms with van der Waals surface area (Å²) in [6.07, 6.45) is 82.3. The molecule has 0 aromatic rings. The number of rotatable bonds is 54. The molecule has 1 atom stereocenters. The summed E-state index contributed by atoms with van der Waals surface area (Å²) in [5.74, 6) is -0.940. The van der Waals surface area contributed by atoms with Gasteiger partial charge in [0.25, 0.3) is 0 Å². The van der Waals surface area contributed by atoms with Gasteiger partial charge in [-0.1, -0.05) is 259 Å². The number of carbonyl (C=O) groups excluding carboxylic acids is 3. The van der Waals surface area contributed by atoms with E-state index >= 15 is 0 Å². The fourth-order valence-corrected chi connectivity index (χ4v) is 8.22. The Bertz CT molecular complexity index is 1490. The lowest BCUT2D eigenvalue weighted by Gasteiger charge is -2.18. The molecular weight excluding hydrogens is 901 g/mol. The number of hydrogen-bond donors (Lipinski definition) is 0. The molecule has 0 aromatic heterocycles. The van der Waals surface area contributed by atoms with Crippen LogP contribution in [-0.2, 0) is 28.6 Å². The van der Waals surface area contributed by atoms with Crippen LogP contribution in [0.2, 0.25) is 0 Å². The van der Waals surface area contributed by atoms with Crippen LogP contribution in [0.3, 0.4) is 0 Å². The maximum absolute atomic E-state index is 12.9. The van der Waals surface area contributed by atoms with Gasteiger partial charge in [0, 0.05) is 19.3 Å². The Labute approximate surface area is 450 Å². The smallest absolute Gasteiger partial charge is 0.306 e. The molecule has 0 saturated heterocycles.